The first-order chi connectivity index (χ1) is 10.4. The first kappa shape index (κ1) is 20.9. The molecule has 2 nitrogen and oxygen atoms in total. The molecule has 0 aliphatic heterocycles. The molecule has 0 aliphatic carbocycles. The number of nitrogens with one attached hydrogen (secondary N) is 1. The van der Waals surface area contributed by atoms with E-state index in [1.165, 1.54) is 109 Å². The van der Waals surface area contributed by atoms with Crippen molar-refractivity contribution in [3.63, 3.8) is 0 Å². The molecular weight excluding hydrogens is 256 g/mol. The minimum atomic E-state index is 0.853. The van der Waals surface area contributed by atoms with Gasteiger partial charge in [0.25, 0.3) is 0 Å². The van der Waals surface area contributed by atoms with Crippen LogP contribution < -0.4 is 11.1 Å². The Balaban J connectivity index is 2.90. The fourth-order valence-electron chi connectivity index (χ4n) is 2.79. The Morgan fingerprint density at radius 2 is 0.905 bits per heavy atom. The SMILES string of the molecule is CCCCCCCCCCCCCNCCCCCCN. The fourth-order valence-corrected chi connectivity index (χ4v) is 2.79. The Morgan fingerprint density at radius 3 is 1.33 bits per heavy atom. The lowest BCUT2D eigenvalue weighted by Gasteiger charge is -2.05. The summed E-state index contributed by atoms with van der Waals surface area (Å²) in [5.74, 6) is 0. The summed E-state index contributed by atoms with van der Waals surface area (Å²) in [7, 11) is 0. The van der Waals surface area contributed by atoms with Gasteiger partial charge in [-0.25, -0.2) is 0 Å². The molecule has 0 radical (unpaired) electrons. The molecule has 0 amide bonds. The van der Waals surface area contributed by atoms with E-state index in [0.717, 1.165) is 6.54 Å². The lowest BCUT2D eigenvalue weighted by atomic mass is 10.1. The molecule has 2 heteroatoms. The Morgan fingerprint density at radius 1 is 0.524 bits per heavy atom. The molecule has 0 heterocycles. The molecule has 0 rings (SSSR count). The molecule has 0 aliphatic rings. The summed E-state index contributed by atoms with van der Waals surface area (Å²) < 4.78 is 0. The minimum absolute atomic E-state index is 0.853. The highest BCUT2D eigenvalue weighted by molar-refractivity contribution is 4.52. The van der Waals surface area contributed by atoms with Crippen LogP contribution in [-0.2, 0) is 0 Å². The predicted octanol–water partition coefficient (Wildman–Crippen LogP) is 5.41. The summed E-state index contributed by atoms with van der Waals surface area (Å²) in [6.45, 7) is 5.55. The van der Waals surface area contributed by atoms with Crippen LogP contribution in [0, 0.1) is 0 Å². The molecule has 128 valence electrons. The van der Waals surface area contributed by atoms with Gasteiger partial charge < -0.3 is 11.1 Å². The Hall–Kier alpha value is -0.0800. The Kier molecular flexibility index (Phi) is 19.8. The molecule has 0 unspecified atom stereocenters. The second kappa shape index (κ2) is 19.9. The van der Waals surface area contributed by atoms with Crippen molar-refractivity contribution in [3.8, 4) is 0 Å². The zero-order valence-corrected chi connectivity index (χ0v) is 14.8. The van der Waals surface area contributed by atoms with Crippen LogP contribution in [0.25, 0.3) is 0 Å². The van der Waals surface area contributed by atoms with Crippen molar-refractivity contribution < 1.29 is 0 Å². The molecule has 0 saturated carbocycles. The number of unbranched alkanes of at least 4 members (excludes halogenated alkanes) is 13. The van der Waals surface area contributed by atoms with E-state index >= 15 is 0 Å². The van der Waals surface area contributed by atoms with Gasteiger partial charge in [0.05, 0.1) is 0 Å². The molecule has 21 heavy (non-hydrogen) atoms. The van der Waals surface area contributed by atoms with E-state index in [9.17, 15) is 0 Å². The first-order valence-electron chi connectivity index (χ1n) is 9.82. The molecular formula is C19H42N2. The van der Waals surface area contributed by atoms with Gasteiger partial charge in [0.2, 0.25) is 0 Å². The van der Waals surface area contributed by atoms with Gasteiger partial charge >= 0.3 is 0 Å². The molecule has 0 aromatic heterocycles. The Bertz CT molecular complexity index is 153. The third-order valence-electron chi connectivity index (χ3n) is 4.26. The third kappa shape index (κ3) is 19.9. The van der Waals surface area contributed by atoms with Crippen molar-refractivity contribution in [3.05, 3.63) is 0 Å². The van der Waals surface area contributed by atoms with Crippen molar-refractivity contribution in [2.45, 2.75) is 103 Å². The molecule has 0 aromatic rings. The van der Waals surface area contributed by atoms with Crippen LogP contribution in [0.2, 0.25) is 0 Å². The average molecular weight is 299 g/mol. The predicted molar refractivity (Wildman–Crippen MR) is 96.9 cm³/mol. The van der Waals surface area contributed by atoms with Gasteiger partial charge in [0, 0.05) is 0 Å². The van der Waals surface area contributed by atoms with Crippen LogP contribution in [0.3, 0.4) is 0 Å². The molecule has 0 bridgehead atoms. The lowest BCUT2D eigenvalue weighted by molar-refractivity contribution is 0.531. The molecule has 0 saturated heterocycles. The molecule has 3 N–H and O–H groups in total. The average Bonchev–Trinajstić information content (AvgIpc) is 2.50. The summed E-state index contributed by atoms with van der Waals surface area (Å²) in [5, 5.41) is 3.56. The van der Waals surface area contributed by atoms with E-state index in [1.54, 1.807) is 0 Å². The van der Waals surface area contributed by atoms with Gasteiger partial charge in [-0.05, 0) is 38.9 Å². The van der Waals surface area contributed by atoms with E-state index < -0.39 is 0 Å². The minimum Gasteiger partial charge on any atom is -0.330 e. The van der Waals surface area contributed by atoms with E-state index in [1.807, 2.05) is 0 Å². The van der Waals surface area contributed by atoms with E-state index in [2.05, 4.69) is 12.2 Å². The van der Waals surface area contributed by atoms with Crippen molar-refractivity contribution >= 4 is 0 Å². The second-order valence-electron chi connectivity index (χ2n) is 6.49. The highest BCUT2D eigenvalue weighted by atomic mass is 14.8. The molecule has 0 atom stereocenters. The van der Waals surface area contributed by atoms with Gasteiger partial charge in [-0.15, -0.1) is 0 Å². The molecule has 0 aromatic carbocycles. The molecule has 0 fully saturated rings. The highest BCUT2D eigenvalue weighted by Crippen LogP contribution is 2.11. The summed E-state index contributed by atoms with van der Waals surface area (Å²) in [6, 6.07) is 0. The summed E-state index contributed by atoms with van der Waals surface area (Å²) in [4.78, 5) is 0. The number of hydrogen-bond donors (Lipinski definition) is 2. The van der Waals surface area contributed by atoms with Gasteiger partial charge in [0.1, 0.15) is 0 Å². The topological polar surface area (TPSA) is 38.0 Å². The second-order valence-corrected chi connectivity index (χ2v) is 6.49. The van der Waals surface area contributed by atoms with Crippen molar-refractivity contribution in [2.75, 3.05) is 19.6 Å². The van der Waals surface area contributed by atoms with Gasteiger partial charge in [-0.2, -0.15) is 0 Å². The van der Waals surface area contributed by atoms with Crippen molar-refractivity contribution in [1.82, 2.24) is 5.32 Å². The largest absolute Gasteiger partial charge is 0.330 e. The van der Waals surface area contributed by atoms with E-state index in [4.69, 9.17) is 5.73 Å². The summed E-state index contributed by atoms with van der Waals surface area (Å²) in [6.07, 6.45) is 20.9. The Labute approximate surface area is 134 Å². The number of nitrogens with two attached hydrogens (primary N) is 1. The maximum atomic E-state index is 5.48. The van der Waals surface area contributed by atoms with E-state index in [-0.39, 0.29) is 0 Å². The maximum Gasteiger partial charge on any atom is -0.00489 e. The first-order valence-corrected chi connectivity index (χ1v) is 9.82. The fraction of sp³-hybridized carbons (Fsp3) is 1.00. The monoisotopic (exact) mass is 298 g/mol. The van der Waals surface area contributed by atoms with Crippen LogP contribution in [0.1, 0.15) is 103 Å². The van der Waals surface area contributed by atoms with Gasteiger partial charge in [-0.1, -0.05) is 84.0 Å². The van der Waals surface area contributed by atoms with Gasteiger partial charge in [0.15, 0.2) is 0 Å². The standard InChI is InChI=1S/C19H42N2/c1-2-3-4-5-6-7-8-9-10-12-15-18-21-19-16-13-11-14-17-20/h21H,2-20H2,1H3. The van der Waals surface area contributed by atoms with Crippen molar-refractivity contribution in [2.24, 2.45) is 5.73 Å². The number of hydrogen-bond acceptors (Lipinski definition) is 2. The third-order valence-corrected chi connectivity index (χ3v) is 4.26. The van der Waals surface area contributed by atoms with Crippen LogP contribution >= 0.6 is 0 Å². The zero-order valence-electron chi connectivity index (χ0n) is 14.8. The summed E-state index contributed by atoms with van der Waals surface area (Å²) in [5.41, 5.74) is 5.48. The lowest BCUT2D eigenvalue weighted by Crippen LogP contribution is -2.16. The number of rotatable bonds is 18. The van der Waals surface area contributed by atoms with Crippen LogP contribution in [0.15, 0.2) is 0 Å². The highest BCUT2D eigenvalue weighted by Gasteiger charge is 1.93. The van der Waals surface area contributed by atoms with Crippen LogP contribution in [-0.4, -0.2) is 19.6 Å². The normalized spacial score (nSPS) is 11.1. The maximum absolute atomic E-state index is 5.48. The quantitative estimate of drug-likeness (QED) is 0.332. The van der Waals surface area contributed by atoms with Crippen molar-refractivity contribution in [1.29, 1.82) is 0 Å². The van der Waals surface area contributed by atoms with Gasteiger partial charge in [-0.3, -0.25) is 0 Å². The zero-order chi connectivity index (χ0) is 15.4. The van der Waals surface area contributed by atoms with Crippen LogP contribution in [0.4, 0.5) is 0 Å². The van der Waals surface area contributed by atoms with Crippen LogP contribution in [0.5, 0.6) is 0 Å². The van der Waals surface area contributed by atoms with E-state index in [0.29, 0.717) is 0 Å². The molecule has 0 spiro atoms. The smallest absolute Gasteiger partial charge is 0.00489 e. The summed E-state index contributed by atoms with van der Waals surface area (Å²) >= 11 is 0.